The van der Waals surface area contributed by atoms with Crippen LogP contribution in [0.2, 0.25) is 0 Å². The van der Waals surface area contributed by atoms with E-state index in [1.165, 1.54) is 0 Å². The summed E-state index contributed by atoms with van der Waals surface area (Å²) in [5.41, 5.74) is -1.58. The lowest BCUT2D eigenvalue weighted by Crippen LogP contribution is -2.46. The molecule has 1 N–H and O–H groups in total. The first-order valence-electron chi connectivity index (χ1n) is 7.22. The van der Waals surface area contributed by atoms with Crippen LogP contribution in [0.3, 0.4) is 0 Å². The minimum absolute atomic E-state index is 0.110. The van der Waals surface area contributed by atoms with Crippen molar-refractivity contribution in [3.8, 4) is 0 Å². The van der Waals surface area contributed by atoms with Crippen molar-refractivity contribution in [2.24, 2.45) is 5.41 Å². The van der Waals surface area contributed by atoms with Crippen molar-refractivity contribution in [1.29, 1.82) is 0 Å². The first kappa shape index (κ1) is 16.7. The normalized spacial score (nSPS) is 29.4. The van der Waals surface area contributed by atoms with Crippen molar-refractivity contribution in [1.82, 2.24) is 0 Å². The molecule has 5 nitrogen and oxygen atoms in total. The van der Waals surface area contributed by atoms with Crippen LogP contribution in [0.5, 0.6) is 0 Å². The highest BCUT2D eigenvalue weighted by Crippen LogP contribution is 2.49. The van der Waals surface area contributed by atoms with Crippen molar-refractivity contribution in [3.05, 3.63) is 0 Å². The zero-order valence-electron chi connectivity index (χ0n) is 12.5. The van der Waals surface area contributed by atoms with Gasteiger partial charge in [-0.05, 0) is 26.7 Å². The molecule has 0 aromatic carbocycles. The minimum Gasteiger partial charge on any atom is -0.481 e. The highest BCUT2D eigenvalue weighted by molar-refractivity contribution is 5.92. The second-order valence-corrected chi connectivity index (χ2v) is 5.99. The van der Waals surface area contributed by atoms with E-state index in [1.807, 2.05) is 6.92 Å². The molecule has 0 aromatic heterocycles. The third kappa shape index (κ3) is 3.38. The number of hydrogen-bond acceptors (Lipinski definition) is 4. The zero-order chi connectivity index (χ0) is 15.4. The van der Waals surface area contributed by atoms with E-state index in [9.17, 15) is 14.4 Å². The van der Waals surface area contributed by atoms with E-state index < -0.39 is 29.4 Å². The van der Waals surface area contributed by atoms with E-state index in [4.69, 9.17) is 9.84 Å². The molecule has 20 heavy (non-hydrogen) atoms. The van der Waals surface area contributed by atoms with Crippen LogP contribution in [-0.2, 0) is 19.1 Å². The number of aliphatic carboxylic acids is 1. The molecule has 2 unspecified atom stereocenters. The number of carbonyl (C=O) groups is 3. The van der Waals surface area contributed by atoms with Gasteiger partial charge >= 0.3 is 11.9 Å². The number of carboxylic acids is 1. The molecular formula is C15H24O5. The second kappa shape index (κ2) is 6.37. The van der Waals surface area contributed by atoms with E-state index in [0.717, 1.165) is 19.3 Å². The monoisotopic (exact) mass is 284 g/mol. The molecule has 0 spiro atoms. The Bertz CT molecular complexity index is 403. The predicted octanol–water partition coefficient (Wildman–Crippen LogP) is 2.71. The van der Waals surface area contributed by atoms with Gasteiger partial charge in [-0.15, -0.1) is 0 Å². The van der Waals surface area contributed by atoms with E-state index >= 15 is 0 Å². The van der Waals surface area contributed by atoms with Crippen molar-refractivity contribution in [2.45, 2.75) is 71.3 Å². The fraction of sp³-hybridized carbons (Fsp3) is 0.800. The molecule has 0 aromatic rings. The SMILES string of the molecule is CCCCCC1(C)C(=O)CCC1(C)OC(=O)CC(=O)O. The summed E-state index contributed by atoms with van der Waals surface area (Å²) in [6, 6.07) is 0. The Kier molecular flexibility index (Phi) is 5.31. The maximum Gasteiger partial charge on any atom is 0.317 e. The lowest BCUT2D eigenvalue weighted by atomic mass is 9.72. The molecule has 0 saturated heterocycles. The van der Waals surface area contributed by atoms with Gasteiger partial charge in [-0.3, -0.25) is 14.4 Å². The number of ketones is 1. The summed E-state index contributed by atoms with van der Waals surface area (Å²) in [6.07, 6.45) is 3.87. The average Bonchev–Trinajstić information content (AvgIpc) is 2.53. The molecule has 0 aliphatic heterocycles. The number of ether oxygens (including phenoxy) is 1. The number of carboxylic acid groups (broad SMARTS) is 1. The Balaban J connectivity index is 2.81. The van der Waals surface area contributed by atoms with Crippen molar-refractivity contribution in [3.63, 3.8) is 0 Å². The van der Waals surface area contributed by atoms with Crippen LogP contribution < -0.4 is 0 Å². The Hall–Kier alpha value is -1.39. The summed E-state index contributed by atoms with van der Waals surface area (Å²) < 4.78 is 5.39. The van der Waals surface area contributed by atoms with Gasteiger partial charge in [0.25, 0.3) is 0 Å². The molecule has 1 aliphatic rings. The third-order valence-corrected chi connectivity index (χ3v) is 4.53. The maximum absolute atomic E-state index is 12.2. The largest absolute Gasteiger partial charge is 0.481 e. The number of rotatable bonds is 7. The van der Waals surface area contributed by atoms with Crippen LogP contribution in [0.25, 0.3) is 0 Å². The quantitative estimate of drug-likeness (QED) is 0.441. The number of esters is 1. The van der Waals surface area contributed by atoms with E-state index in [2.05, 4.69) is 6.92 Å². The lowest BCUT2D eigenvalue weighted by molar-refractivity contribution is -0.173. The Morgan fingerprint density at radius 3 is 2.50 bits per heavy atom. The van der Waals surface area contributed by atoms with Crippen LogP contribution >= 0.6 is 0 Å². The molecular weight excluding hydrogens is 260 g/mol. The molecule has 1 fully saturated rings. The molecule has 0 amide bonds. The van der Waals surface area contributed by atoms with Crippen LogP contribution in [0.1, 0.15) is 65.7 Å². The Labute approximate surface area is 119 Å². The van der Waals surface area contributed by atoms with E-state index in [0.29, 0.717) is 19.3 Å². The summed E-state index contributed by atoms with van der Waals surface area (Å²) in [5.74, 6) is -1.87. The topological polar surface area (TPSA) is 80.7 Å². The Morgan fingerprint density at radius 1 is 1.30 bits per heavy atom. The smallest absolute Gasteiger partial charge is 0.317 e. The molecule has 1 rings (SSSR count). The van der Waals surface area contributed by atoms with Gasteiger partial charge < -0.3 is 9.84 Å². The first-order valence-corrected chi connectivity index (χ1v) is 7.22. The van der Waals surface area contributed by atoms with Gasteiger partial charge in [-0.25, -0.2) is 0 Å². The highest BCUT2D eigenvalue weighted by Gasteiger charge is 2.56. The van der Waals surface area contributed by atoms with Crippen molar-refractivity contribution < 1.29 is 24.2 Å². The van der Waals surface area contributed by atoms with Gasteiger partial charge in [0.1, 0.15) is 17.8 Å². The molecule has 0 heterocycles. The molecule has 5 heteroatoms. The standard InChI is InChI=1S/C15H24O5/c1-4-5-6-8-14(2)11(16)7-9-15(14,3)20-13(19)10-12(17)18/h4-10H2,1-3H3,(H,17,18). The maximum atomic E-state index is 12.2. The van der Waals surface area contributed by atoms with Gasteiger partial charge in [0.05, 0.1) is 5.41 Å². The molecule has 1 aliphatic carbocycles. The molecule has 0 bridgehead atoms. The minimum atomic E-state index is -1.21. The van der Waals surface area contributed by atoms with Gasteiger partial charge in [0.2, 0.25) is 0 Å². The number of hydrogen-bond donors (Lipinski definition) is 1. The van der Waals surface area contributed by atoms with Crippen LogP contribution in [0, 0.1) is 5.41 Å². The van der Waals surface area contributed by atoms with Gasteiger partial charge in [-0.2, -0.15) is 0 Å². The van der Waals surface area contributed by atoms with E-state index in [-0.39, 0.29) is 5.78 Å². The number of carbonyl (C=O) groups excluding carboxylic acids is 2. The van der Waals surface area contributed by atoms with Crippen molar-refractivity contribution >= 4 is 17.7 Å². The number of unbranched alkanes of at least 4 members (excludes halogenated alkanes) is 2. The summed E-state index contributed by atoms with van der Waals surface area (Å²) >= 11 is 0. The highest BCUT2D eigenvalue weighted by atomic mass is 16.6. The summed E-state index contributed by atoms with van der Waals surface area (Å²) in [6.45, 7) is 5.68. The fourth-order valence-corrected chi connectivity index (χ4v) is 2.91. The van der Waals surface area contributed by atoms with Gasteiger partial charge in [0.15, 0.2) is 0 Å². The molecule has 1 saturated carbocycles. The predicted molar refractivity (Wildman–Crippen MR) is 73.2 cm³/mol. The summed E-state index contributed by atoms with van der Waals surface area (Å²) in [4.78, 5) is 34.4. The van der Waals surface area contributed by atoms with Crippen LogP contribution in [-0.4, -0.2) is 28.4 Å². The summed E-state index contributed by atoms with van der Waals surface area (Å²) in [7, 11) is 0. The second-order valence-electron chi connectivity index (χ2n) is 5.99. The van der Waals surface area contributed by atoms with E-state index in [1.54, 1.807) is 6.92 Å². The molecule has 2 atom stereocenters. The lowest BCUT2D eigenvalue weighted by Gasteiger charge is -2.39. The zero-order valence-corrected chi connectivity index (χ0v) is 12.5. The third-order valence-electron chi connectivity index (χ3n) is 4.53. The van der Waals surface area contributed by atoms with Crippen LogP contribution in [0.4, 0.5) is 0 Å². The fourth-order valence-electron chi connectivity index (χ4n) is 2.91. The Morgan fingerprint density at radius 2 is 1.95 bits per heavy atom. The number of Topliss-reactive ketones (excluding diaryl/α,β-unsaturated/α-hetero) is 1. The van der Waals surface area contributed by atoms with Gasteiger partial charge in [-0.1, -0.05) is 26.2 Å². The molecule has 0 radical (unpaired) electrons. The van der Waals surface area contributed by atoms with Crippen LogP contribution in [0.15, 0.2) is 0 Å². The van der Waals surface area contributed by atoms with Gasteiger partial charge in [0, 0.05) is 6.42 Å². The average molecular weight is 284 g/mol. The van der Waals surface area contributed by atoms with Crippen molar-refractivity contribution in [2.75, 3.05) is 0 Å². The summed E-state index contributed by atoms with van der Waals surface area (Å²) in [5, 5.41) is 8.63. The first-order chi connectivity index (χ1) is 9.25. The molecule has 114 valence electrons.